The summed E-state index contributed by atoms with van der Waals surface area (Å²) in [5.74, 6) is 0. The summed E-state index contributed by atoms with van der Waals surface area (Å²) >= 11 is 0. The maximum atomic E-state index is 9.58. The molecule has 1 aliphatic heterocycles. The molecule has 0 saturated carbocycles. The summed E-state index contributed by atoms with van der Waals surface area (Å²) in [6, 6.07) is 21.8. The van der Waals surface area contributed by atoms with E-state index in [0.29, 0.717) is 6.04 Å². The van der Waals surface area contributed by atoms with Crippen LogP contribution in [0.3, 0.4) is 0 Å². The van der Waals surface area contributed by atoms with Gasteiger partial charge in [-0.2, -0.15) is 0 Å². The summed E-state index contributed by atoms with van der Waals surface area (Å²) < 4.78 is 0. The van der Waals surface area contributed by atoms with Gasteiger partial charge < -0.3 is 5.11 Å². The molecule has 1 heterocycles. The number of β-amino-alcohol motifs (C(OH)–C–C–N with tert-alkyl or cyclic N) is 1. The van der Waals surface area contributed by atoms with Crippen LogP contribution in [-0.2, 0) is 0 Å². The van der Waals surface area contributed by atoms with Crippen molar-refractivity contribution >= 4 is 0 Å². The lowest BCUT2D eigenvalue weighted by molar-refractivity contribution is 0.0693. The number of hydrogen-bond donors (Lipinski definition) is 1. The zero-order valence-electron chi connectivity index (χ0n) is 13.8. The summed E-state index contributed by atoms with van der Waals surface area (Å²) in [6.45, 7) is 6.72. The molecular weight excluding hydrogens is 284 g/mol. The fourth-order valence-corrected chi connectivity index (χ4v) is 3.46. The molecular formula is C20H26N2O. The van der Waals surface area contributed by atoms with E-state index in [2.05, 4.69) is 70.5 Å². The van der Waals surface area contributed by atoms with E-state index in [9.17, 15) is 5.11 Å². The van der Waals surface area contributed by atoms with Crippen LogP contribution in [-0.4, -0.2) is 53.7 Å². The van der Waals surface area contributed by atoms with Crippen LogP contribution < -0.4 is 0 Å². The van der Waals surface area contributed by atoms with Gasteiger partial charge in [-0.15, -0.1) is 0 Å². The summed E-state index contributed by atoms with van der Waals surface area (Å²) in [7, 11) is 0. The van der Waals surface area contributed by atoms with Crippen molar-refractivity contribution in [1.82, 2.24) is 9.80 Å². The van der Waals surface area contributed by atoms with Crippen LogP contribution in [0.1, 0.15) is 24.1 Å². The minimum absolute atomic E-state index is 0.249. The first kappa shape index (κ1) is 16.2. The van der Waals surface area contributed by atoms with Crippen LogP contribution in [0.15, 0.2) is 60.7 Å². The average Bonchev–Trinajstić information content (AvgIpc) is 2.58. The Hall–Kier alpha value is -1.68. The van der Waals surface area contributed by atoms with Crippen LogP contribution in [0.5, 0.6) is 0 Å². The van der Waals surface area contributed by atoms with E-state index in [0.717, 1.165) is 32.7 Å². The number of piperazine rings is 1. The minimum atomic E-state index is -0.249. The van der Waals surface area contributed by atoms with Gasteiger partial charge in [-0.25, -0.2) is 0 Å². The Bertz CT molecular complexity index is 538. The van der Waals surface area contributed by atoms with Gasteiger partial charge in [0.05, 0.1) is 12.1 Å². The van der Waals surface area contributed by atoms with E-state index in [1.54, 1.807) is 0 Å². The van der Waals surface area contributed by atoms with Crippen molar-refractivity contribution in [2.45, 2.75) is 19.1 Å². The highest BCUT2D eigenvalue weighted by atomic mass is 16.3. The first-order valence-corrected chi connectivity index (χ1v) is 8.48. The SMILES string of the molecule is CC(O)CN1CCN(C(c2ccccc2)c2ccccc2)CC1. The Labute approximate surface area is 139 Å². The van der Waals surface area contributed by atoms with Crippen LogP contribution in [0.2, 0.25) is 0 Å². The maximum absolute atomic E-state index is 9.58. The zero-order chi connectivity index (χ0) is 16.1. The molecule has 1 saturated heterocycles. The second-order valence-corrected chi connectivity index (χ2v) is 6.41. The lowest BCUT2D eigenvalue weighted by atomic mass is 9.96. The molecule has 2 aromatic rings. The standard InChI is InChI=1S/C20H26N2O/c1-17(23)16-21-12-14-22(15-13-21)20(18-8-4-2-5-9-18)19-10-6-3-7-11-19/h2-11,17,20,23H,12-16H2,1H3. The molecule has 122 valence electrons. The van der Waals surface area contributed by atoms with Gasteiger partial charge in [0.15, 0.2) is 0 Å². The molecule has 0 spiro atoms. The van der Waals surface area contributed by atoms with Crippen molar-refractivity contribution in [2.24, 2.45) is 0 Å². The molecule has 0 aliphatic carbocycles. The number of rotatable bonds is 5. The van der Waals surface area contributed by atoms with Crippen molar-refractivity contribution in [2.75, 3.05) is 32.7 Å². The van der Waals surface area contributed by atoms with Crippen molar-refractivity contribution in [1.29, 1.82) is 0 Å². The molecule has 1 fully saturated rings. The molecule has 3 nitrogen and oxygen atoms in total. The van der Waals surface area contributed by atoms with Gasteiger partial charge >= 0.3 is 0 Å². The highest BCUT2D eigenvalue weighted by molar-refractivity contribution is 5.31. The van der Waals surface area contributed by atoms with Gasteiger partial charge in [0.1, 0.15) is 0 Å². The number of hydrogen-bond acceptors (Lipinski definition) is 3. The summed E-state index contributed by atoms with van der Waals surface area (Å²) in [6.07, 6.45) is -0.249. The lowest BCUT2D eigenvalue weighted by Crippen LogP contribution is -2.49. The van der Waals surface area contributed by atoms with E-state index in [-0.39, 0.29) is 6.10 Å². The van der Waals surface area contributed by atoms with Gasteiger partial charge in [-0.1, -0.05) is 60.7 Å². The third kappa shape index (κ3) is 4.20. The van der Waals surface area contributed by atoms with Crippen LogP contribution in [0.25, 0.3) is 0 Å². The molecule has 0 amide bonds. The Morgan fingerprint density at radius 2 is 1.30 bits per heavy atom. The van der Waals surface area contributed by atoms with Crippen molar-refractivity contribution in [3.63, 3.8) is 0 Å². The third-order valence-corrected chi connectivity index (χ3v) is 4.53. The number of nitrogens with zero attached hydrogens (tertiary/aromatic N) is 2. The predicted octanol–water partition coefficient (Wildman–Crippen LogP) is 2.77. The second-order valence-electron chi connectivity index (χ2n) is 6.41. The zero-order valence-corrected chi connectivity index (χ0v) is 13.8. The molecule has 1 aliphatic rings. The van der Waals surface area contributed by atoms with Gasteiger partial charge in [0.2, 0.25) is 0 Å². The van der Waals surface area contributed by atoms with Crippen LogP contribution in [0, 0.1) is 0 Å². The molecule has 0 bridgehead atoms. The van der Waals surface area contributed by atoms with Crippen molar-refractivity contribution < 1.29 is 5.11 Å². The Balaban J connectivity index is 1.78. The third-order valence-electron chi connectivity index (χ3n) is 4.53. The first-order valence-electron chi connectivity index (χ1n) is 8.48. The van der Waals surface area contributed by atoms with E-state index < -0.39 is 0 Å². The van der Waals surface area contributed by atoms with Gasteiger partial charge in [0, 0.05) is 32.7 Å². The Kier molecular flexibility index (Phi) is 5.44. The van der Waals surface area contributed by atoms with Gasteiger partial charge in [0.25, 0.3) is 0 Å². The van der Waals surface area contributed by atoms with E-state index >= 15 is 0 Å². The molecule has 23 heavy (non-hydrogen) atoms. The number of benzene rings is 2. The average molecular weight is 310 g/mol. The summed E-state index contributed by atoms with van der Waals surface area (Å²) in [5, 5.41) is 9.58. The Morgan fingerprint density at radius 1 is 0.826 bits per heavy atom. The van der Waals surface area contributed by atoms with Crippen LogP contribution in [0.4, 0.5) is 0 Å². The Morgan fingerprint density at radius 3 is 1.74 bits per heavy atom. The van der Waals surface area contributed by atoms with E-state index in [1.807, 2.05) is 6.92 Å². The highest BCUT2D eigenvalue weighted by Crippen LogP contribution is 2.29. The monoisotopic (exact) mass is 310 g/mol. The molecule has 1 unspecified atom stereocenters. The van der Waals surface area contributed by atoms with Gasteiger partial charge in [-0.05, 0) is 18.1 Å². The topological polar surface area (TPSA) is 26.7 Å². The molecule has 1 atom stereocenters. The molecule has 1 N–H and O–H groups in total. The fourth-order valence-electron chi connectivity index (χ4n) is 3.46. The quantitative estimate of drug-likeness (QED) is 0.920. The van der Waals surface area contributed by atoms with E-state index in [1.165, 1.54) is 11.1 Å². The summed E-state index contributed by atoms with van der Waals surface area (Å²) in [5.41, 5.74) is 2.70. The molecule has 0 radical (unpaired) electrons. The minimum Gasteiger partial charge on any atom is -0.392 e. The summed E-state index contributed by atoms with van der Waals surface area (Å²) in [4.78, 5) is 4.91. The number of aliphatic hydroxyl groups excluding tert-OH is 1. The second kappa shape index (κ2) is 7.73. The van der Waals surface area contributed by atoms with Crippen molar-refractivity contribution in [3.05, 3.63) is 71.8 Å². The predicted molar refractivity (Wildman–Crippen MR) is 94.4 cm³/mol. The van der Waals surface area contributed by atoms with Crippen molar-refractivity contribution in [3.8, 4) is 0 Å². The lowest BCUT2D eigenvalue weighted by Gasteiger charge is -2.40. The number of aliphatic hydroxyl groups is 1. The first-order chi connectivity index (χ1) is 11.2. The molecule has 2 aromatic carbocycles. The van der Waals surface area contributed by atoms with Crippen LogP contribution >= 0.6 is 0 Å². The van der Waals surface area contributed by atoms with E-state index in [4.69, 9.17) is 0 Å². The molecule has 3 heteroatoms. The smallest absolute Gasteiger partial charge is 0.0639 e. The molecule has 0 aromatic heterocycles. The molecule has 3 rings (SSSR count). The normalized spacial score (nSPS) is 18.2. The maximum Gasteiger partial charge on any atom is 0.0639 e. The largest absolute Gasteiger partial charge is 0.392 e. The highest BCUT2D eigenvalue weighted by Gasteiger charge is 2.26. The van der Waals surface area contributed by atoms with Gasteiger partial charge in [-0.3, -0.25) is 9.80 Å². The fraction of sp³-hybridized carbons (Fsp3) is 0.400.